The molecule has 1 aliphatic carbocycles. The van der Waals surface area contributed by atoms with Gasteiger partial charge in [-0.25, -0.2) is 4.98 Å². The number of carbonyl (C=O) groups is 1. The molecule has 154 valence electrons. The fourth-order valence-electron chi connectivity index (χ4n) is 4.11. The number of amides is 1. The van der Waals surface area contributed by atoms with E-state index in [-0.39, 0.29) is 11.8 Å². The number of rotatable bonds is 5. The molecule has 2 N–H and O–H groups in total. The van der Waals surface area contributed by atoms with E-state index in [4.69, 9.17) is 0 Å². The lowest BCUT2D eigenvalue weighted by atomic mass is 9.82. The first kappa shape index (κ1) is 20.1. The van der Waals surface area contributed by atoms with Crippen LogP contribution in [0, 0.1) is 18.8 Å². The van der Waals surface area contributed by atoms with Crippen molar-refractivity contribution < 1.29 is 4.79 Å². The normalized spacial score (nSPS) is 18.6. The molecule has 0 saturated heterocycles. The predicted molar refractivity (Wildman–Crippen MR) is 122 cm³/mol. The Balaban J connectivity index is 1.54. The number of anilines is 3. The molecule has 2 aromatic heterocycles. The van der Waals surface area contributed by atoms with Gasteiger partial charge in [-0.3, -0.25) is 9.78 Å². The summed E-state index contributed by atoms with van der Waals surface area (Å²) in [6, 6.07) is 15.7. The molecule has 3 aromatic rings. The quantitative estimate of drug-likeness (QED) is 0.554. The number of benzene rings is 1. The van der Waals surface area contributed by atoms with E-state index in [0.29, 0.717) is 5.92 Å². The smallest absolute Gasteiger partial charge is 0.227 e. The first-order valence-electron chi connectivity index (χ1n) is 10.6. The van der Waals surface area contributed by atoms with Crippen LogP contribution in [-0.4, -0.2) is 15.9 Å². The SMILES string of the molecule is Cc1ccc(NC(=O)C2CCCC(C)C2)cc1Nc1ncccc1-c1ccccn1. The van der Waals surface area contributed by atoms with Crippen molar-refractivity contribution >= 4 is 23.1 Å². The Morgan fingerprint density at radius 2 is 1.90 bits per heavy atom. The van der Waals surface area contributed by atoms with E-state index < -0.39 is 0 Å². The molecule has 5 nitrogen and oxygen atoms in total. The summed E-state index contributed by atoms with van der Waals surface area (Å²) in [6.07, 6.45) is 7.86. The van der Waals surface area contributed by atoms with E-state index in [1.165, 1.54) is 6.42 Å². The minimum atomic E-state index is 0.109. The van der Waals surface area contributed by atoms with Crippen LogP contribution in [0.5, 0.6) is 0 Å². The highest BCUT2D eigenvalue weighted by Gasteiger charge is 2.25. The van der Waals surface area contributed by atoms with Crippen molar-refractivity contribution in [1.29, 1.82) is 0 Å². The van der Waals surface area contributed by atoms with Crippen molar-refractivity contribution in [3.05, 3.63) is 66.5 Å². The topological polar surface area (TPSA) is 66.9 Å². The summed E-state index contributed by atoms with van der Waals surface area (Å²) in [5.74, 6) is 1.60. The number of hydrogen-bond donors (Lipinski definition) is 2. The van der Waals surface area contributed by atoms with E-state index in [1.807, 2.05) is 55.5 Å². The van der Waals surface area contributed by atoms with E-state index in [1.54, 1.807) is 12.4 Å². The monoisotopic (exact) mass is 400 g/mol. The molecule has 2 unspecified atom stereocenters. The van der Waals surface area contributed by atoms with Crippen molar-refractivity contribution in [2.45, 2.75) is 39.5 Å². The van der Waals surface area contributed by atoms with Crippen molar-refractivity contribution in [1.82, 2.24) is 9.97 Å². The van der Waals surface area contributed by atoms with E-state index in [9.17, 15) is 4.79 Å². The molecule has 0 spiro atoms. The van der Waals surface area contributed by atoms with Gasteiger partial charge < -0.3 is 10.6 Å². The van der Waals surface area contributed by atoms with Crippen molar-refractivity contribution in [2.24, 2.45) is 11.8 Å². The van der Waals surface area contributed by atoms with Crippen LogP contribution in [0.1, 0.15) is 38.2 Å². The number of nitrogens with zero attached hydrogens (tertiary/aromatic N) is 2. The van der Waals surface area contributed by atoms with Crippen LogP contribution in [0.25, 0.3) is 11.3 Å². The van der Waals surface area contributed by atoms with Gasteiger partial charge in [0.15, 0.2) is 0 Å². The Morgan fingerprint density at radius 1 is 1.03 bits per heavy atom. The second kappa shape index (κ2) is 9.08. The molecule has 0 aliphatic heterocycles. The average Bonchev–Trinajstić information content (AvgIpc) is 2.77. The van der Waals surface area contributed by atoms with Crippen molar-refractivity contribution in [2.75, 3.05) is 10.6 Å². The second-order valence-corrected chi connectivity index (χ2v) is 8.23. The van der Waals surface area contributed by atoms with Gasteiger partial charge in [-0.05, 0) is 67.6 Å². The summed E-state index contributed by atoms with van der Waals surface area (Å²) in [7, 11) is 0. The molecular formula is C25H28N4O. The van der Waals surface area contributed by atoms with Gasteiger partial charge in [-0.15, -0.1) is 0 Å². The van der Waals surface area contributed by atoms with Gasteiger partial charge in [0.05, 0.1) is 5.69 Å². The van der Waals surface area contributed by atoms with Crippen LogP contribution in [0.2, 0.25) is 0 Å². The Bertz CT molecular complexity index is 1020. The Labute approximate surface area is 178 Å². The molecule has 1 aromatic carbocycles. The Hall–Kier alpha value is -3.21. The summed E-state index contributed by atoms with van der Waals surface area (Å²) in [6.45, 7) is 4.28. The van der Waals surface area contributed by atoms with Gasteiger partial charge >= 0.3 is 0 Å². The lowest BCUT2D eigenvalue weighted by molar-refractivity contribution is -0.121. The first-order chi connectivity index (χ1) is 14.6. The van der Waals surface area contributed by atoms with Gasteiger partial charge in [-0.2, -0.15) is 0 Å². The maximum atomic E-state index is 12.8. The third-order valence-corrected chi connectivity index (χ3v) is 5.81. The second-order valence-electron chi connectivity index (χ2n) is 8.23. The van der Waals surface area contributed by atoms with Gasteiger partial charge in [0.2, 0.25) is 5.91 Å². The predicted octanol–water partition coefficient (Wildman–Crippen LogP) is 5.96. The highest BCUT2D eigenvalue weighted by molar-refractivity contribution is 5.93. The van der Waals surface area contributed by atoms with E-state index in [0.717, 1.165) is 53.3 Å². The fraction of sp³-hybridized carbons (Fsp3) is 0.320. The molecule has 1 aliphatic rings. The molecule has 1 fully saturated rings. The van der Waals surface area contributed by atoms with Crippen LogP contribution in [0.15, 0.2) is 60.9 Å². The summed E-state index contributed by atoms with van der Waals surface area (Å²) in [5, 5.41) is 6.56. The van der Waals surface area contributed by atoms with Crippen LogP contribution in [-0.2, 0) is 4.79 Å². The average molecular weight is 401 g/mol. The largest absolute Gasteiger partial charge is 0.339 e. The van der Waals surface area contributed by atoms with Crippen LogP contribution in [0.3, 0.4) is 0 Å². The standard InChI is InChI=1S/C25H28N4O/c1-17-7-5-8-19(15-17)25(30)28-20-12-11-18(2)23(16-20)29-24-21(9-6-14-27-24)22-10-3-4-13-26-22/h3-4,6,9-14,16-17,19H,5,7-8,15H2,1-2H3,(H,27,29)(H,28,30). The zero-order chi connectivity index (χ0) is 20.9. The number of aromatic nitrogens is 2. The molecule has 2 atom stereocenters. The minimum Gasteiger partial charge on any atom is -0.339 e. The number of hydrogen-bond acceptors (Lipinski definition) is 4. The highest BCUT2D eigenvalue weighted by atomic mass is 16.1. The number of pyridine rings is 2. The summed E-state index contributed by atoms with van der Waals surface area (Å²) < 4.78 is 0. The summed E-state index contributed by atoms with van der Waals surface area (Å²) >= 11 is 0. The zero-order valence-corrected chi connectivity index (χ0v) is 17.6. The van der Waals surface area contributed by atoms with Gasteiger partial charge in [0, 0.05) is 35.2 Å². The molecule has 2 heterocycles. The third-order valence-electron chi connectivity index (χ3n) is 5.81. The maximum Gasteiger partial charge on any atom is 0.227 e. The molecule has 0 bridgehead atoms. The van der Waals surface area contributed by atoms with Gasteiger partial charge in [0.1, 0.15) is 5.82 Å². The lowest BCUT2D eigenvalue weighted by Gasteiger charge is -2.25. The molecule has 4 rings (SSSR count). The lowest BCUT2D eigenvalue weighted by Crippen LogP contribution is -2.27. The fourth-order valence-corrected chi connectivity index (χ4v) is 4.11. The van der Waals surface area contributed by atoms with Crippen LogP contribution in [0.4, 0.5) is 17.2 Å². The molecular weight excluding hydrogens is 372 g/mol. The number of nitrogens with one attached hydrogen (secondary N) is 2. The van der Waals surface area contributed by atoms with E-state index in [2.05, 4.69) is 27.5 Å². The molecule has 5 heteroatoms. The first-order valence-corrected chi connectivity index (χ1v) is 10.6. The van der Waals surface area contributed by atoms with Crippen molar-refractivity contribution in [3.8, 4) is 11.3 Å². The maximum absolute atomic E-state index is 12.8. The van der Waals surface area contributed by atoms with Gasteiger partial charge in [0.25, 0.3) is 0 Å². The van der Waals surface area contributed by atoms with E-state index >= 15 is 0 Å². The number of carbonyl (C=O) groups excluding carboxylic acids is 1. The highest BCUT2D eigenvalue weighted by Crippen LogP contribution is 2.32. The molecule has 30 heavy (non-hydrogen) atoms. The zero-order valence-electron chi connectivity index (χ0n) is 17.6. The van der Waals surface area contributed by atoms with Crippen molar-refractivity contribution in [3.63, 3.8) is 0 Å². The van der Waals surface area contributed by atoms with Gasteiger partial charge in [-0.1, -0.05) is 31.9 Å². The minimum absolute atomic E-state index is 0.109. The number of aryl methyl sites for hydroxylation is 1. The Morgan fingerprint density at radius 3 is 2.70 bits per heavy atom. The third kappa shape index (κ3) is 4.67. The molecule has 1 saturated carbocycles. The molecule has 0 radical (unpaired) electrons. The Kier molecular flexibility index (Phi) is 6.07. The van der Waals surface area contributed by atoms with Crippen LogP contribution >= 0.6 is 0 Å². The molecule has 1 amide bonds. The summed E-state index contributed by atoms with van der Waals surface area (Å²) in [4.78, 5) is 21.7. The van der Waals surface area contributed by atoms with Crippen LogP contribution < -0.4 is 10.6 Å². The summed E-state index contributed by atoms with van der Waals surface area (Å²) in [5.41, 5.74) is 4.60.